The van der Waals surface area contributed by atoms with E-state index in [1.807, 2.05) is 51.1 Å². The molecule has 0 amide bonds. The number of benzene rings is 1. The Bertz CT molecular complexity index is 495. The highest BCUT2D eigenvalue weighted by Gasteiger charge is 2.11. The van der Waals surface area contributed by atoms with Crippen LogP contribution in [0, 0.1) is 24.2 Å². The lowest BCUT2D eigenvalue weighted by molar-refractivity contribution is -0.139. The van der Waals surface area contributed by atoms with Gasteiger partial charge < -0.3 is 4.74 Å². The summed E-state index contributed by atoms with van der Waals surface area (Å²) in [6.07, 6.45) is 1.57. The lowest BCUT2D eigenvalue weighted by Gasteiger charge is -2.06. The molecular weight excluding hydrogens is 226 g/mol. The van der Waals surface area contributed by atoms with E-state index in [0.29, 0.717) is 6.61 Å². The lowest BCUT2D eigenvalue weighted by Crippen LogP contribution is -2.11. The molecule has 0 radical (unpaired) electrons. The van der Waals surface area contributed by atoms with E-state index in [-0.39, 0.29) is 11.5 Å². The predicted octanol–water partition coefficient (Wildman–Crippen LogP) is 3.10. The van der Waals surface area contributed by atoms with Crippen molar-refractivity contribution in [2.24, 2.45) is 5.92 Å². The molecule has 94 valence electrons. The highest BCUT2D eigenvalue weighted by atomic mass is 16.5. The maximum atomic E-state index is 11.7. The summed E-state index contributed by atoms with van der Waals surface area (Å²) in [5, 5.41) is 8.99. The first-order valence-electron chi connectivity index (χ1n) is 5.89. The summed E-state index contributed by atoms with van der Waals surface area (Å²) in [7, 11) is 0. The Balaban J connectivity index is 2.87. The molecule has 0 aliphatic heterocycles. The molecule has 1 aromatic carbocycles. The number of ether oxygens (including phenoxy) is 1. The summed E-state index contributed by atoms with van der Waals surface area (Å²) < 4.78 is 5.04. The number of rotatable bonds is 4. The topological polar surface area (TPSA) is 50.1 Å². The van der Waals surface area contributed by atoms with Crippen molar-refractivity contribution in [2.45, 2.75) is 20.8 Å². The standard InChI is InChI=1S/C15H17NO2/c1-11(2)10-18-15(17)14(9-16)8-13-7-5-4-6-12(13)3/h4-8,11H,10H2,1-3H3/b14-8+. The maximum absolute atomic E-state index is 11.7. The first-order valence-corrected chi connectivity index (χ1v) is 5.89. The van der Waals surface area contributed by atoms with E-state index in [9.17, 15) is 4.79 Å². The average molecular weight is 243 g/mol. The van der Waals surface area contributed by atoms with Gasteiger partial charge in [0.15, 0.2) is 0 Å². The van der Waals surface area contributed by atoms with Gasteiger partial charge in [-0.3, -0.25) is 0 Å². The van der Waals surface area contributed by atoms with Gasteiger partial charge in [0, 0.05) is 0 Å². The second-order valence-corrected chi connectivity index (χ2v) is 4.52. The van der Waals surface area contributed by atoms with Crippen molar-refractivity contribution in [2.75, 3.05) is 6.61 Å². The summed E-state index contributed by atoms with van der Waals surface area (Å²) >= 11 is 0. The Labute approximate surface area is 108 Å². The summed E-state index contributed by atoms with van der Waals surface area (Å²) in [4.78, 5) is 11.7. The molecule has 0 atom stereocenters. The zero-order valence-corrected chi connectivity index (χ0v) is 10.9. The molecule has 0 saturated heterocycles. The number of carbonyl (C=O) groups excluding carboxylic acids is 1. The highest BCUT2D eigenvalue weighted by molar-refractivity contribution is 5.98. The van der Waals surface area contributed by atoms with Crippen LogP contribution in [0.4, 0.5) is 0 Å². The maximum Gasteiger partial charge on any atom is 0.348 e. The van der Waals surface area contributed by atoms with Crippen molar-refractivity contribution in [3.05, 3.63) is 41.0 Å². The van der Waals surface area contributed by atoms with Crippen LogP contribution in [-0.2, 0) is 9.53 Å². The molecule has 0 fully saturated rings. The minimum Gasteiger partial charge on any atom is -0.461 e. The van der Waals surface area contributed by atoms with E-state index >= 15 is 0 Å². The molecule has 3 nitrogen and oxygen atoms in total. The number of esters is 1. The molecule has 0 saturated carbocycles. The van der Waals surface area contributed by atoms with Crippen LogP contribution in [0.5, 0.6) is 0 Å². The van der Waals surface area contributed by atoms with Gasteiger partial charge in [0.05, 0.1) is 6.61 Å². The van der Waals surface area contributed by atoms with E-state index in [1.54, 1.807) is 6.08 Å². The monoisotopic (exact) mass is 243 g/mol. The third kappa shape index (κ3) is 4.06. The molecule has 0 heterocycles. The van der Waals surface area contributed by atoms with Crippen LogP contribution in [0.25, 0.3) is 6.08 Å². The Kier molecular flexibility index (Phi) is 5.13. The normalized spacial score (nSPS) is 11.2. The largest absolute Gasteiger partial charge is 0.461 e. The summed E-state index contributed by atoms with van der Waals surface area (Å²) in [5.74, 6) is -0.304. The van der Waals surface area contributed by atoms with Gasteiger partial charge in [0.1, 0.15) is 11.6 Å². The molecule has 0 aliphatic carbocycles. The van der Waals surface area contributed by atoms with Crippen molar-refractivity contribution in [1.29, 1.82) is 5.26 Å². The molecule has 0 aliphatic rings. The van der Waals surface area contributed by atoms with E-state index in [1.165, 1.54) is 0 Å². The lowest BCUT2D eigenvalue weighted by atomic mass is 10.1. The average Bonchev–Trinajstić information content (AvgIpc) is 2.35. The van der Waals surface area contributed by atoms with Crippen LogP contribution in [0.15, 0.2) is 29.8 Å². The molecule has 1 rings (SSSR count). The van der Waals surface area contributed by atoms with Gasteiger partial charge >= 0.3 is 5.97 Å². The minimum absolute atomic E-state index is 0.0324. The van der Waals surface area contributed by atoms with E-state index < -0.39 is 5.97 Å². The number of nitriles is 1. The SMILES string of the molecule is Cc1ccccc1/C=C(\C#N)C(=O)OCC(C)C. The van der Waals surface area contributed by atoms with Crippen molar-refractivity contribution < 1.29 is 9.53 Å². The zero-order valence-electron chi connectivity index (χ0n) is 10.9. The van der Waals surface area contributed by atoms with E-state index in [2.05, 4.69) is 0 Å². The fourth-order valence-corrected chi connectivity index (χ4v) is 1.36. The molecule has 0 N–H and O–H groups in total. The van der Waals surface area contributed by atoms with Crippen LogP contribution in [-0.4, -0.2) is 12.6 Å². The van der Waals surface area contributed by atoms with Crippen molar-refractivity contribution in [1.82, 2.24) is 0 Å². The Morgan fingerprint density at radius 1 is 1.44 bits per heavy atom. The van der Waals surface area contributed by atoms with Gasteiger partial charge in [-0.1, -0.05) is 38.1 Å². The second-order valence-electron chi connectivity index (χ2n) is 4.52. The Hall–Kier alpha value is -2.08. The Morgan fingerprint density at radius 3 is 2.67 bits per heavy atom. The second kappa shape index (κ2) is 6.61. The zero-order chi connectivity index (χ0) is 13.5. The number of carbonyl (C=O) groups is 1. The molecule has 0 unspecified atom stereocenters. The fraction of sp³-hybridized carbons (Fsp3) is 0.333. The minimum atomic E-state index is -0.561. The number of hydrogen-bond acceptors (Lipinski definition) is 3. The predicted molar refractivity (Wildman–Crippen MR) is 70.6 cm³/mol. The van der Waals surface area contributed by atoms with Crippen LogP contribution in [0.2, 0.25) is 0 Å². The van der Waals surface area contributed by atoms with Crippen LogP contribution >= 0.6 is 0 Å². The molecule has 1 aromatic rings. The van der Waals surface area contributed by atoms with Crippen molar-refractivity contribution >= 4 is 12.0 Å². The van der Waals surface area contributed by atoms with Gasteiger partial charge in [-0.2, -0.15) is 5.26 Å². The summed E-state index contributed by atoms with van der Waals surface area (Å²) in [6.45, 7) is 6.15. The van der Waals surface area contributed by atoms with Crippen molar-refractivity contribution in [3.8, 4) is 6.07 Å². The Morgan fingerprint density at radius 2 is 2.11 bits per heavy atom. The molecular formula is C15H17NO2. The van der Waals surface area contributed by atoms with E-state index in [4.69, 9.17) is 10.00 Å². The van der Waals surface area contributed by atoms with Crippen LogP contribution in [0.1, 0.15) is 25.0 Å². The number of hydrogen-bond donors (Lipinski definition) is 0. The van der Waals surface area contributed by atoms with Crippen molar-refractivity contribution in [3.63, 3.8) is 0 Å². The molecule has 18 heavy (non-hydrogen) atoms. The van der Waals surface area contributed by atoms with Gasteiger partial charge in [-0.05, 0) is 30.0 Å². The van der Waals surface area contributed by atoms with E-state index in [0.717, 1.165) is 11.1 Å². The molecule has 0 aromatic heterocycles. The molecule has 3 heteroatoms. The number of nitrogens with zero attached hydrogens (tertiary/aromatic N) is 1. The smallest absolute Gasteiger partial charge is 0.348 e. The first-order chi connectivity index (χ1) is 8.54. The molecule has 0 spiro atoms. The van der Waals surface area contributed by atoms with Gasteiger partial charge in [-0.15, -0.1) is 0 Å². The summed E-state index contributed by atoms with van der Waals surface area (Å²) in [5.41, 5.74) is 1.91. The summed E-state index contributed by atoms with van der Waals surface area (Å²) in [6, 6.07) is 9.46. The first kappa shape index (κ1) is 14.0. The van der Waals surface area contributed by atoms with Gasteiger partial charge in [0.25, 0.3) is 0 Å². The number of aryl methyl sites for hydroxylation is 1. The van der Waals surface area contributed by atoms with Gasteiger partial charge in [-0.25, -0.2) is 4.79 Å². The molecule has 0 bridgehead atoms. The quantitative estimate of drug-likeness (QED) is 0.464. The van der Waals surface area contributed by atoms with Crippen LogP contribution < -0.4 is 0 Å². The highest BCUT2D eigenvalue weighted by Crippen LogP contribution is 2.12. The van der Waals surface area contributed by atoms with Crippen LogP contribution in [0.3, 0.4) is 0 Å². The fourth-order valence-electron chi connectivity index (χ4n) is 1.36. The van der Waals surface area contributed by atoms with Gasteiger partial charge in [0.2, 0.25) is 0 Å². The third-order valence-electron chi connectivity index (χ3n) is 2.38. The third-order valence-corrected chi connectivity index (χ3v) is 2.38.